The van der Waals surface area contributed by atoms with Crippen molar-refractivity contribution in [1.29, 1.82) is 0 Å². The Morgan fingerprint density at radius 1 is 1.12 bits per heavy atom. The van der Waals surface area contributed by atoms with Gasteiger partial charge in [0.1, 0.15) is 0 Å². The number of amides is 2. The Bertz CT molecular complexity index is 714. The van der Waals surface area contributed by atoms with Crippen molar-refractivity contribution in [3.63, 3.8) is 0 Å². The van der Waals surface area contributed by atoms with Crippen molar-refractivity contribution in [1.82, 2.24) is 20.2 Å². The zero-order valence-electron chi connectivity index (χ0n) is 13.1. The van der Waals surface area contributed by atoms with Gasteiger partial charge in [0.05, 0.1) is 0 Å². The van der Waals surface area contributed by atoms with Gasteiger partial charge in [-0.25, -0.2) is 14.8 Å². The van der Waals surface area contributed by atoms with Crippen molar-refractivity contribution in [3.05, 3.63) is 59.0 Å². The molecule has 1 aromatic heterocycles. The van der Waals surface area contributed by atoms with Gasteiger partial charge in [0.2, 0.25) is 5.95 Å². The summed E-state index contributed by atoms with van der Waals surface area (Å²) in [7, 11) is 0. The average molecular weight is 388 g/mol. The number of rotatable bonds is 3. The Balaban J connectivity index is 1.49. The first-order valence-electron chi connectivity index (χ1n) is 7.72. The van der Waals surface area contributed by atoms with E-state index in [0.29, 0.717) is 19.0 Å². The molecule has 1 N–H and O–H groups in total. The molecule has 7 heteroatoms. The van der Waals surface area contributed by atoms with Gasteiger partial charge in [-0.3, -0.25) is 0 Å². The first kappa shape index (κ1) is 16.4. The van der Waals surface area contributed by atoms with Crippen LogP contribution in [0.5, 0.6) is 0 Å². The molecule has 0 bridgehead atoms. The molecule has 3 rings (SSSR count). The van der Waals surface area contributed by atoms with Crippen molar-refractivity contribution >= 4 is 34.0 Å². The summed E-state index contributed by atoms with van der Waals surface area (Å²) >= 11 is 3.43. The number of aromatic nitrogens is 2. The summed E-state index contributed by atoms with van der Waals surface area (Å²) in [5, 5.41) is 2.82. The highest BCUT2D eigenvalue weighted by atomic mass is 79.9. The summed E-state index contributed by atoms with van der Waals surface area (Å²) in [6.45, 7) is 2.75. The minimum Gasteiger partial charge on any atom is -0.337 e. The van der Waals surface area contributed by atoms with E-state index in [4.69, 9.17) is 0 Å². The van der Waals surface area contributed by atoms with E-state index in [2.05, 4.69) is 36.1 Å². The lowest BCUT2D eigenvalue weighted by atomic mass is 10.2. The summed E-state index contributed by atoms with van der Waals surface area (Å²) in [4.78, 5) is 24.6. The molecule has 0 atom stereocenters. The minimum atomic E-state index is -0.0881. The van der Waals surface area contributed by atoms with Gasteiger partial charge in [-0.1, -0.05) is 28.1 Å². The van der Waals surface area contributed by atoms with Crippen LogP contribution in [0, 0.1) is 0 Å². The number of nitrogens with one attached hydrogen (secondary N) is 1. The third-order valence-corrected chi connectivity index (χ3v) is 4.23. The number of anilines is 1. The van der Waals surface area contributed by atoms with Crippen LogP contribution >= 0.6 is 15.9 Å². The van der Waals surface area contributed by atoms with Gasteiger partial charge >= 0.3 is 6.03 Å². The predicted molar refractivity (Wildman–Crippen MR) is 97.5 cm³/mol. The summed E-state index contributed by atoms with van der Waals surface area (Å²) < 4.78 is 1.01. The maximum absolute atomic E-state index is 12.2. The molecular formula is C17H18BrN5O. The molecule has 1 saturated heterocycles. The van der Waals surface area contributed by atoms with Crippen LogP contribution in [-0.2, 0) is 0 Å². The molecule has 2 aromatic rings. The summed E-state index contributed by atoms with van der Waals surface area (Å²) in [5.41, 5.74) is 1.02. The quantitative estimate of drug-likeness (QED) is 0.879. The molecule has 0 radical (unpaired) electrons. The summed E-state index contributed by atoms with van der Waals surface area (Å²) in [5.74, 6) is 0.715. The Hall–Kier alpha value is -2.41. The Kier molecular flexibility index (Phi) is 5.43. The van der Waals surface area contributed by atoms with E-state index in [1.165, 1.54) is 0 Å². The van der Waals surface area contributed by atoms with Crippen molar-refractivity contribution in [2.45, 2.75) is 0 Å². The SMILES string of the molecule is O=C(N/C=C/c1cccc(Br)c1)N1CCN(c2ncccn2)CC1. The molecule has 1 aliphatic rings. The molecule has 2 heterocycles. The van der Waals surface area contributed by atoms with Crippen LogP contribution in [0.1, 0.15) is 5.56 Å². The second-order valence-corrected chi connectivity index (χ2v) is 6.28. The van der Waals surface area contributed by atoms with Gasteiger partial charge in [0.15, 0.2) is 0 Å². The second kappa shape index (κ2) is 7.92. The smallest absolute Gasteiger partial charge is 0.321 e. The number of nitrogens with zero attached hydrogens (tertiary/aromatic N) is 4. The Labute approximate surface area is 149 Å². The molecule has 6 nitrogen and oxygen atoms in total. The Morgan fingerprint density at radius 2 is 1.88 bits per heavy atom. The molecule has 0 unspecified atom stereocenters. The van der Waals surface area contributed by atoms with Crippen LogP contribution in [0.4, 0.5) is 10.7 Å². The van der Waals surface area contributed by atoms with Crippen LogP contribution in [0.2, 0.25) is 0 Å². The zero-order valence-corrected chi connectivity index (χ0v) is 14.7. The van der Waals surface area contributed by atoms with Gasteiger partial charge in [0.25, 0.3) is 0 Å². The summed E-state index contributed by atoms with van der Waals surface area (Å²) in [6.07, 6.45) is 7.01. The highest BCUT2D eigenvalue weighted by Crippen LogP contribution is 2.12. The lowest BCUT2D eigenvalue weighted by Crippen LogP contribution is -2.51. The van der Waals surface area contributed by atoms with E-state index in [-0.39, 0.29) is 6.03 Å². The monoisotopic (exact) mass is 387 g/mol. The minimum absolute atomic E-state index is 0.0881. The molecule has 1 aromatic carbocycles. The third kappa shape index (κ3) is 4.32. The van der Waals surface area contributed by atoms with E-state index >= 15 is 0 Å². The average Bonchev–Trinajstić information content (AvgIpc) is 2.63. The standard InChI is InChI=1S/C17H18BrN5O/c18-15-4-1-3-14(13-15)5-8-21-17(24)23-11-9-22(10-12-23)16-19-6-2-7-20-16/h1-8,13H,9-12H2,(H,21,24)/b8-5+. The molecule has 1 fully saturated rings. The lowest BCUT2D eigenvalue weighted by Gasteiger charge is -2.34. The number of halogens is 1. The fourth-order valence-electron chi connectivity index (χ4n) is 2.47. The van der Waals surface area contributed by atoms with Crippen LogP contribution in [0.3, 0.4) is 0 Å². The molecular weight excluding hydrogens is 370 g/mol. The van der Waals surface area contributed by atoms with E-state index in [1.54, 1.807) is 29.6 Å². The van der Waals surface area contributed by atoms with Gasteiger partial charge in [-0.2, -0.15) is 0 Å². The van der Waals surface area contributed by atoms with Crippen molar-refractivity contribution < 1.29 is 4.79 Å². The van der Waals surface area contributed by atoms with Crippen molar-refractivity contribution in [3.8, 4) is 0 Å². The molecule has 0 saturated carbocycles. The lowest BCUT2D eigenvalue weighted by molar-refractivity contribution is 0.198. The predicted octanol–water partition coefficient (Wildman–Crippen LogP) is 2.74. The van der Waals surface area contributed by atoms with Crippen LogP contribution < -0.4 is 10.2 Å². The number of hydrogen-bond donors (Lipinski definition) is 1. The maximum Gasteiger partial charge on any atom is 0.321 e. The third-order valence-electron chi connectivity index (χ3n) is 3.73. The Morgan fingerprint density at radius 3 is 2.58 bits per heavy atom. The highest BCUT2D eigenvalue weighted by molar-refractivity contribution is 9.10. The van der Waals surface area contributed by atoms with Crippen LogP contribution in [0.25, 0.3) is 6.08 Å². The number of carbonyl (C=O) groups excluding carboxylic acids is 1. The fourth-order valence-corrected chi connectivity index (χ4v) is 2.89. The van der Waals surface area contributed by atoms with E-state index in [0.717, 1.165) is 23.1 Å². The van der Waals surface area contributed by atoms with Crippen LogP contribution in [-0.4, -0.2) is 47.1 Å². The van der Waals surface area contributed by atoms with E-state index in [9.17, 15) is 4.79 Å². The number of hydrogen-bond acceptors (Lipinski definition) is 4. The fraction of sp³-hybridized carbons (Fsp3) is 0.235. The molecule has 2 amide bonds. The first-order chi connectivity index (χ1) is 11.7. The van der Waals surface area contributed by atoms with Crippen LogP contribution in [0.15, 0.2) is 53.4 Å². The second-order valence-electron chi connectivity index (χ2n) is 5.36. The normalized spacial score (nSPS) is 14.9. The molecule has 124 valence electrons. The van der Waals surface area contributed by atoms with Crippen molar-refractivity contribution in [2.24, 2.45) is 0 Å². The van der Waals surface area contributed by atoms with Gasteiger partial charge in [-0.05, 0) is 29.8 Å². The highest BCUT2D eigenvalue weighted by Gasteiger charge is 2.21. The zero-order chi connectivity index (χ0) is 16.8. The van der Waals surface area contributed by atoms with E-state index < -0.39 is 0 Å². The molecule has 24 heavy (non-hydrogen) atoms. The largest absolute Gasteiger partial charge is 0.337 e. The molecule has 0 aliphatic carbocycles. The number of carbonyl (C=O) groups is 1. The van der Waals surface area contributed by atoms with Crippen molar-refractivity contribution in [2.75, 3.05) is 31.1 Å². The summed E-state index contributed by atoms with van der Waals surface area (Å²) in [6, 6.07) is 9.59. The number of urea groups is 1. The molecule has 1 aliphatic heterocycles. The maximum atomic E-state index is 12.2. The number of benzene rings is 1. The van der Waals surface area contributed by atoms with Gasteiger partial charge in [-0.15, -0.1) is 0 Å². The van der Waals surface area contributed by atoms with E-state index in [1.807, 2.05) is 30.3 Å². The topological polar surface area (TPSA) is 61.4 Å². The molecule has 0 spiro atoms. The van der Waals surface area contributed by atoms with Gasteiger partial charge < -0.3 is 15.1 Å². The first-order valence-corrected chi connectivity index (χ1v) is 8.51. The van der Waals surface area contributed by atoms with Gasteiger partial charge in [0, 0.05) is 49.2 Å². The number of piperazine rings is 1.